The van der Waals surface area contributed by atoms with Gasteiger partial charge >= 0.3 is 0 Å². The summed E-state index contributed by atoms with van der Waals surface area (Å²) in [5, 5.41) is 5.91. The van der Waals surface area contributed by atoms with Gasteiger partial charge < -0.3 is 15.5 Å². The van der Waals surface area contributed by atoms with Gasteiger partial charge in [-0.3, -0.25) is 4.79 Å². The van der Waals surface area contributed by atoms with Crippen molar-refractivity contribution < 1.29 is 9.18 Å². The molecule has 0 atom stereocenters. The summed E-state index contributed by atoms with van der Waals surface area (Å²) in [6.07, 6.45) is 4.06. The molecule has 1 fully saturated rings. The maximum Gasteiger partial charge on any atom is 0.255 e. The Labute approximate surface area is 163 Å². The van der Waals surface area contributed by atoms with Crippen molar-refractivity contribution in [1.82, 2.24) is 4.98 Å². The Morgan fingerprint density at radius 2 is 1.75 bits per heavy atom. The fourth-order valence-corrected chi connectivity index (χ4v) is 3.29. The van der Waals surface area contributed by atoms with Crippen LogP contribution < -0.4 is 15.5 Å². The Morgan fingerprint density at radius 3 is 2.50 bits per heavy atom. The van der Waals surface area contributed by atoms with Crippen molar-refractivity contribution in [2.24, 2.45) is 0 Å². The largest absolute Gasteiger partial charge is 0.372 e. The van der Waals surface area contributed by atoms with Gasteiger partial charge in [-0.2, -0.15) is 0 Å². The number of aromatic nitrogens is 1. The molecule has 5 nitrogen and oxygen atoms in total. The van der Waals surface area contributed by atoms with Gasteiger partial charge in [-0.25, -0.2) is 9.37 Å². The Balaban J connectivity index is 1.44. The molecule has 28 heavy (non-hydrogen) atoms. The van der Waals surface area contributed by atoms with Crippen LogP contribution in [0.5, 0.6) is 0 Å². The molecule has 3 aromatic rings. The molecule has 0 spiro atoms. The lowest BCUT2D eigenvalue weighted by atomic mass is 10.2. The van der Waals surface area contributed by atoms with E-state index in [4.69, 9.17) is 0 Å². The molecule has 0 saturated carbocycles. The molecular weight excluding hydrogens is 355 g/mol. The van der Waals surface area contributed by atoms with E-state index in [0.717, 1.165) is 18.8 Å². The summed E-state index contributed by atoms with van der Waals surface area (Å²) in [6.45, 7) is 2.22. The summed E-state index contributed by atoms with van der Waals surface area (Å²) in [5.41, 5.74) is 2.97. The summed E-state index contributed by atoms with van der Waals surface area (Å²) in [4.78, 5) is 19.1. The second-order valence-electron chi connectivity index (χ2n) is 6.76. The molecule has 0 aliphatic carbocycles. The maximum absolute atomic E-state index is 13.3. The van der Waals surface area contributed by atoms with Gasteiger partial charge in [0.1, 0.15) is 11.6 Å². The van der Waals surface area contributed by atoms with Crippen molar-refractivity contribution in [3.05, 3.63) is 78.2 Å². The minimum Gasteiger partial charge on any atom is -0.372 e. The van der Waals surface area contributed by atoms with E-state index in [-0.39, 0.29) is 5.91 Å². The van der Waals surface area contributed by atoms with Gasteiger partial charge in [-0.05, 0) is 67.4 Å². The standard InChI is InChI=1S/C22H21FN4O/c23-17-4-3-5-19(15-17)26-22(28)16-10-11-24-21(14-16)25-18-6-8-20(9-7-18)27-12-1-2-13-27/h3-11,14-15H,1-2,12-13H2,(H,24,25)(H,26,28). The first-order valence-electron chi connectivity index (χ1n) is 9.32. The highest BCUT2D eigenvalue weighted by molar-refractivity contribution is 6.04. The third-order valence-corrected chi connectivity index (χ3v) is 4.72. The highest BCUT2D eigenvalue weighted by Gasteiger charge is 2.12. The Morgan fingerprint density at radius 1 is 0.964 bits per heavy atom. The molecule has 1 saturated heterocycles. The van der Waals surface area contributed by atoms with Crippen LogP contribution in [0.15, 0.2) is 66.9 Å². The molecule has 0 unspecified atom stereocenters. The van der Waals surface area contributed by atoms with E-state index < -0.39 is 5.82 Å². The number of nitrogens with one attached hydrogen (secondary N) is 2. The van der Waals surface area contributed by atoms with Crippen LogP contribution in [-0.2, 0) is 0 Å². The van der Waals surface area contributed by atoms with Crippen LogP contribution in [0.2, 0.25) is 0 Å². The number of nitrogens with zero attached hydrogens (tertiary/aromatic N) is 2. The molecule has 2 aromatic carbocycles. The average molecular weight is 376 g/mol. The van der Waals surface area contributed by atoms with Crippen LogP contribution in [0.25, 0.3) is 0 Å². The van der Waals surface area contributed by atoms with Crippen molar-refractivity contribution in [3.63, 3.8) is 0 Å². The first kappa shape index (κ1) is 18.0. The summed E-state index contributed by atoms with van der Waals surface area (Å²) >= 11 is 0. The van der Waals surface area contributed by atoms with E-state index in [0.29, 0.717) is 17.1 Å². The molecule has 4 rings (SSSR count). The zero-order valence-electron chi connectivity index (χ0n) is 15.4. The first-order chi connectivity index (χ1) is 13.7. The number of hydrogen-bond donors (Lipinski definition) is 2. The van der Waals surface area contributed by atoms with Gasteiger partial charge in [0.2, 0.25) is 0 Å². The van der Waals surface area contributed by atoms with E-state index in [1.54, 1.807) is 30.5 Å². The van der Waals surface area contributed by atoms with Gasteiger partial charge in [-0.1, -0.05) is 6.07 Å². The minimum absolute atomic E-state index is 0.319. The predicted molar refractivity (Wildman–Crippen MR) is 110 cm³/mol. The van der Waals surface area contributed by atoms with Gasteiger partial charge in [0, 0.05) is 41.9 Å². The van der Waals surface area contributed by atoms with Crippen molar-refractivity contribution in [1.29, 1.82) is 0 Å². The Bertz CT molecular complexity index is 968. The predicted octanol–water partition coefficient (Wildman–Crippen LogP) is 4.82. The number of anilines is 4. The number of pyridine rings is 1. The van der Waals surface area contributed by atoms with Crippen LogP contribution in [0.4, 0.5) is 27.3 Å². The molecule has 1 aromatic heterocycles. The number of rotatable bonds is 5. The number of benzene rings is 2. The van der Waals surface area contributed by atoms with Gasteiger partial charge in [0.15, 0.2) is 0 Å². The summed E-state index contributed by atoms with van der Waals surface area (Å²) in [7, 11) is 0. The zero-order chi connectivity index (χ0) is 19.3. The average Bonchev–Trinajstić information content (AvgIpc) is 3.24. The molecule has 0 radical (unpaired) electrons. The first-order valence-corrected chi connectivity index (χ1v) is 9.32. The summed E-state index contributed by atoms with van der Waals surface area (Å²) < 4.78 is 13.3. The van der Waals surface area contributed by atoms with Crippen LogP contribution in [-0.4, -0.2) is 24.0 Å². The molecule has 142 valence electrons. The van der Waals surface area contributed by atoms with Gasteiger partial charge in [0.25, 0.3) is 5.91 Å². The van der Waals surface area contributed by atoms with Gasteiger partial charge in [-0.15, -0.1) is 0 Å². The normalized spacial score (nSPS) is 13.4. The third kappa shape index (κ3) is 4.28. The minimum atomic E-state index is -0.396. The Hall–Kier alpha value is -3.41. The van der Waals surface area contributed by atoms with Crippen LogP contribution in [0.1, 0.15) is 23.2 Å². The van der Waals surface area contributed by atoms with Crippen molar-refractivity contribution in [3.8, 4) is 0 Å². The number of hydrogen-bond acceptors (Lipinski definition) is 4. The van der Waals surface area contributed by atoms with Crippen LogP contribution >= 0.6 is 0 Å². The van der Waals surface area contributed by atoms with E-state index in [1.807, 2.05) is 12.1 Å². The molecule has 6 heteroatoms. The monoisotopic (exact) mass is 376 g/mol. The Kier molecular flexibility index (Phi) is 5.19. The van der Waals surface area contributed by atoms with Gasteiger partial charge in [0.05, 0.1) is 0 Å². The highest BCUT2D eigenvalue weighted by atomic mass is 19.1. The summed E-state index contributed by atoms with van der Waals surface area (Å²) in [5.74, 6) is -0.145. The molecule has 1 aliphatic heterocycles. The molecule has 1 amide bonds. The fourth-order valence-electron chi connectivity index (χ4n) is 3.29. The molecule has 1 aliphatic rings. The van der Waals surface area contributed by atoms with Crippen molar-refractivity contribution >= 4 is 28.8 Å². The van der Waals surface area contributed by atoms with Crippen molar-refractivity contribution in [2.75, 3.05) is 28.6 Å². The maximum atomic E-state index is 13.3. The second-order valence-corrected chi connectivity index (χ2v) is 6.76. The highest BCUT2D eigenvalue weighted by Crippen LogP contribution is 2.23. The smallest absolute Gasteiger partial charge is 0.255 e. The van der Waals surface area contributed by atoms with Crippen LogP contribution in [0, 0.1) is 5.82 Å². The summed E-state index contributed by atoms with van der Waals surface area (Å²) in [6, 6.07) is 17.3. The quantitative estimate of drug-likeness (QED) is 0.670. The second kappa shape index (κ2) is 8.08. The van der Waals surface area contributed by atoms with Crippen LogP contribution in [0.3, 0.4) is 0 Å². The zero-order valence-corrected chi connectivity index (χ0v) is 15.4. The fraction of sp³-hybridized carbons (Fsp3) is 0.182. The lowest BCUT2D eigenvalue weighted by Crippen LogP contribution is -2.17. The number of carbonyl (C=O) groups is 1. The number of carbonyl (C=O) groups excluding carboxylic acids is 1. The topological polar surface area (TPSA) is 57.3 Å². The lowest BCUT2D eigenvalue weighted by molar-refractivity contribution is 0.102. The third-order valence-electron chi connectivity index (χ3n) is 4.72. The molecule has 2 heterocycles. The molecule has 2 N–H and O–H groups in total. The molecular formula is C22H21FN4O. The SMILES string of the molecule is O=C(Nc1cccc(F)c1)c1ccnc(Nc2ccc(N3CCCC3)cc2)c1. The lowest BCUT2D eigenvalue weighted by Gasteiger charge is -2.18. The molecule has 0 bridgehead atoms. The number of amides is 1. The van der Waals surface area contributed by atoms with E-state index in [2.05, 4.69) is 32.7 Å². The van der Waals surface area contributed by atoms with Crippen molar-refractivity contribution in [2.45, 2.75) is 12.8 Å². The van der Waals surface area contributed by atoms with E-state index >= 15 is 0 Å². The van der Waals surface area contributed by atoms with E-state index in [9.17, 15) is 9.18 Å². The number of halogens is 1. The van der Waals surface area contributed by atoms with E-state index in [1.165, 1.54) is 30.7 Å².